The molecule has 2 aromatic rings. The van der Waals surface area contributed by atoms with Crippen LogP contribution in [0.3, 0.4) is 0 Å². The molecule has 0 fully saturated rings. The van der Waals surface area contributed by atoms with Gasteiger partial charge in [-0.05, 0) is 23.3 Å². The number of carbonyl (C=O) groups excluding carboxylic acids is 2. The van der Waals surface area contributed by atoms with E-state index in [-0.39, 0.29) is 29.8 Å². The highest BCUT2D eigenvalue weighted by molar-refractivity contribution is 6.33. The second kappa shape index (κ2) is 7.20. The number of carboxylic acids is 1. The number of nitro groups is 1. The number of hydrogen-bond acceptors (Lipinski definition) is 5. The fourth-order valence-electron chi connectivity index (χ4n) is 2.85. The quantitative estimate of drug-likeness (QED) is 0.376. The summed E-state index contributed by atoms with van der Waals surface area (Å²) < 4.78 is 0. The standard InChI is InChI=1S/C19H14N2O6/c22-17(23)8-9-20-18(24)15-7-2-1-6-14(15)16(19(20)25)11-12-4-3-5-13(10-12)21(26)27/h1-7,10-11H,8-9H2,(H,22,23)/b16-11-. The van der Waals surface area contributed by atoms with E-state index >= 15 is 0 Å². The van der Waals surface area contributed by atoms with Crippen LogP contribution < -0.4 is 0 Å². The minimum Gasteiger partial charge on any atom is -0.481 e. The van der Waals surface area contributed by atoms with E-state index in [1.165, 1.54) is 24.3 Å². The van der Waals surface area contributed by atoms with Crippen molar-refractivity contribution in [3.05, 3.63) is 75.3 Å². The topological polar surface area (TPSA) is 118 Å². The van der Waals surface area contributed by atoms with E-state index in [1.807, 2.05) is 0 Å². The number of rotatable bonds is 5. The normalized spacial score (nSPS) is 15.0. The summed E-state index contributed by atoms with van der Waals surface area (Å²) in [6.07, 6.45) is 1.10. The maximum atomic E-state index is 12.8. The molecule has 8 heteroatoms. The largest absolute Gasteiger partial charge is 0.481 e. The number of non-ortho nitro benzene ring substituents is 1. The molecule has 0 aromatic heterocycles. The molecular weight excluding hydrogens is 352 g/mol. The summed E-state index contributed by atoms with van der Waals surface area (Å²) in [5.74, 6) is -2.32. The minimum atomic E-state index is -1.13. The van der Waals surface area contributed by atoms with Gasteiger partial charge in [-0.25, -0.2) is 0 Å². The van der Waals surface area contributed by atoms with E-state index in [4.69, 9.17) is 5.11 Å². The lowest BCUT2D eigenvalue weighted by atomic mass is 9.92. The van der Waals surface area contributed by atoms with Crippen molar-refractivity contribution >= 4 is 35.1 Å². The van der Waals surface area contributed by atoms with E-state index in [0.717, 1.165) is 4.90 Å². The Morgan fingerprint density at radius 2 is 1.78 bits per heavy atom. The van der Waals surface area contributed by atoms with Gasteiger partial charge in [0.25, 0.3) is 17.5 Å². The average molecular weight is 366 g/mol. The maximum Gasteiger partial charge on any atom is 0.305 e. The van der Waals surface area contributed by atoms with Crippen molar-refractivity contribution in [1.82, 2.24) is 4.90 Å². The van der Waals surface area contributed by atoms with Crippen molar-refractivity contribution in [3.63, 3.8) is 0 Å². The second-order valence-electron chi connectivity index (χ2n) is 5.86. The first-order valence-corrected chi connectivity index (χ1v) is 8.02. The molecule has 0 saturated carbocycles. The van der Waals surface area contributed by atoms with Crippen LogP contribution >= 0.6 is 0 Å². The molecule has 0 saturated heterocycles. The van der Waals surface area contributed by atoms with Gasteiger partial charge in [0.05, 0.1) is 11.3 Å². The molecule has 136 valence electrons. The van der Waals surface area contributed by atoms with Crippen molar-refractivity contribution in [2.24, 2.45) is 0 Å². The van der Waals surface area contributed by atoms with Crippen molar-refractivity contribution in [2.75, 3.05) is 6.54 Å². The predicted octanol–water partition coefficient (Wildman–Crippen LogP) is 2.59. The molecule has 1 aliphatic rings. The van der Waals surface area contributed by atoms with E-state index in [0.29, 0.717) is 11.1 Å². The molecule has 0 radical (unpaired) electrons. The van der Waals surface area contributed by atoms with Crippen LogP contribution in [0.15, 0.2) is 48.5 Å². The first kappa shape index (κ1) is 18.0. The summed E-state index contributed by atoms with van der Waals surface area (Å²) in [7, 11) is 0. The Hall–Kier alpha value is -3.81. The molecule has 0 unspecified atom stereocenters. The fourth-order valence-corrected chi connectivity index (χ4v) is 2.85. The highest BCUT2D eigenvalue weighted by Crippen LogP contribution is 2.31. The smallest absolute Gasteiger partial charge is 0.305 e. The number of carbonyl (C=O) groups is 3. The number of aliphatic carboxylic acids is 1. The summed E-state index contributed by atoms with van der Waals surface area (Å²) in [6.45, 7) is -0.256. The highest BCUT2D eigenvalue weighted by atomic mass is 16.6. The zero-order valence-corrected chi connectivity index (χ0v) is 14.0. The van der Waals surface area contributed by atoms with Crippen molar-refractivity contribution in [3.8, 4) is 0 Å². The average Bonchev–Trinajstić information content (AvgIpc) is 2.65. The van der Waals surface area contributed by atoms with Gasteiger partial charge in [0, 0.05) is 29.8 Å². The van der Waals surface area contributed by atoms with Gasteiger partial charge in [0.1, 0.15) is 0 Å². The Kier molecular flexibility index (Phi) is 4.80. The fraction of sp³-hybridized carbons (Fsp3) is 0.105. The molecule has 0 bridgehead atoms. The first-order valence-electron chi connectivity index (χ1n) is 8.02. The Morgan fingerprint density at radius 3 is 2.44 bits per heavy atom. The SMILES string of the molecule is O=C(O)CCN1C(=O)/C(=C\c2cccc([N+](=O)[O-])c2)c2ccccc2C1=O. The molecule has 2 aromatic carbocycles. The lowest BCUT2D eigenvalue weighted by Gasteiger charge is -2.28. The van der Waals surface area contributed by atoms with Crippen LogP contribution in [0.4, 0.5) is 5.69 Å². The molecule has 1 N–H and O–H groups in total. The van der Waals surface area contributed by atoms with E-state index in [1.54, 1.807) is 30.3 Å². The predicted molar refractivity (Wildman–Crippen MR) is 95.7 cm³/mol. The zero-order chi connectivity index (χ0) is 19.6. The third-order valence-electron chi connectivity index (χ3n) is 4.11. The molecule has 0 spiro atoms. The zero-order valence-electron chi connectivity index (χ0n) is 14.0. The summed E-state index contributed by atoms with van der Waals surface area (Å²) in [5, 5.41) is 19.8. The third-order valence-corrected chi connectivity index (χ3v) is 4.11. The summed E-state index contributed by atoms with van der Waals surface area (Å²) in [4.78, 5) is 47.6. The van der Waals surface area contributed by atoms with Crippen LogP contribution in [-0.2, 0) is 9.59 Å². The third kappa shape index (κ3) is 3.59. The number of benzene rings is 2. The lowest BCUT2D eigenvalue weighted by molar-refractivity contribution is -0.384. The summed E-state index contributed by atoms with van der Waals surface area (Å²) in [6, 6.07) is 12.2. The Labute approximate surface area is 153 Å². The molecule has 8 nitrogen and oxygen atoms in total. The van der Waals surface area contributed by atoms with Crippen LogP contribution in [0, 0.1) is 10.1 Å². The van der Waals surface area contributed by atoms with E-state index < -0.39 is 22.7 Å². The second-order valence-corrected chi connectivity index (χ2v) is 5.86. The van der Waals surface area contributed by atoms with Crippen LogP contribution in [0.5, 0.6) is 0 Å². The molecular formula is C19H14N2O6. The molecule has 0 atom stereocenters. The van der Waals surface area contributed by atoms with Gasteiger partial charge in [0.15, 0.2) is 0 Å². The Bertz CT molecular complexity index is 995. The van der Waals surface area contributed by atoms with Gasteiger partial charge in [0.2, 0.25) is 0 Å². The van der Waals surface area contributed by atoms with Crippen LogP contribution in [0.25, 0.3) is 11.6 Å². The van der Waals surface area contributed by atoms with Crippen LogP contribution in [-0.4, -0.2) is 39.3 Å². The van der Waals surface area contributed by atoms with Crippen molar-refractivity contribution in [2.45, 2.75) is 6.42 Å². The number of nitro benzene ring substituents is 1. The van der Waals surface area contributed by atoms with Gasteiger partial charge in [-0.1, -0.05) is 30.3 Å². The molecule has 27 heavy (non-hydrogen) atoms. The first-order chi connectivity index (χ1) is 12.9. The monoisotopic (exact) mass is 366 g/mol. The van der Waals surface area contributed by atoms with Gasteiger partial charge < -0.3 is 5.11 Å². The molecule has 3 rings (SSSR count). The molecule has 1 heterocycles. The Balaban J connectivity index is 2.09. The van der Waals surface area contributed by atoms with Crippen LogP contribution in [0.2, 0.25) is 0 Å². The lowest BCUT2D eigenvalue weighted by Crippen LogP contribution is -2.42. The van der Waals surface area contributed by atoms with Gasteiger partial charge in [-0.3, -0.25) is 29.4 Å². The number of hydrogen-bond donors (Lipinski definition) is 1. The number of amides is 2. The van der Waals surface area contributed by atoms with Crippen molar-refractivity contribution < 1.29 is 24.4 Å². The summed E-state index contributed by atoms with van der Waals surface area (Å²) in [5.41, 5.74) is 1.16. The molecule has 0 aliphatic carbocycles. The van der Waals surface area contributed by atoms with Gasteiger partial charge in [-0.2, -0.15) is 0 Å². The molecule has 1 aliphatic heterocycles. The van der Waals surface area contributed by atoms with Crippen molar-refractivity contribution in [1.29, 1.82) is 0 Å². The van der Waals surface area contributed by atoms with E-state index in [9.17, 15) is 24.5 Å². The highest BCUT2D eigenvalue weighted by Gasteiger charge is 2.34. The number of nitrogens with zero attached hydrogens (tertiary/aromatic N) is 2. The van der Waals surface area contributed by atoms with Gasteiger partial charge >= 0.3 is 5.97 Å². The molecule has 2 amide bonds. The number of carboxylic acid groups (broad SMARTS) is 1. The minimum absolute atomic E-state index is 0.125. The van der Waals surface area contributed by atoms with Crippen LogP contribution in [0.1, 0.15) is 27.9 Å². The maximum absolute atomic E-state index is 12.8. The van der Waals surface area contributed by atoms with E-state index in [2.05, 4.69) is 0 Å². The van der Waals surface area contributed by atoms with Gasteiger partial charge in [-0.15, -0.1) is 0 Å². The number of fused-ring (bicyclic) bond motifs is 1. The number of imide groups is 1. The summed E-state index contributed by atoms with van der Waals surface area (Å²) >= 11 is 0. The Morgan fingerprint density at radius 1 is 1.07 bits per heavy atom.